The molecule has 0 saturated carbocycles. The molecule has 0 radical (unpaired) electrons. The van der Waals surface area contributed by atoms with Gasteiger partial charge >= 0.3 is 7.69 Å². The minimum absolute atomic E-state index is 0.153. The van der Waals surface area contributed by atoms with Crippen molar-refractivity contribution in [3.8, 4) is 23.0 Å². The summed E-state index contributed by atoms with van der Waals surface area (Å²) < 4.78 is 32.7. The highest BCUT2D eigenvalue weighted by atomic mass is 16.7. The SMILES string of the molecule is OC[C@H]1OC(Oc2ccc(OBOc3ccc(OC4O[C@H](CO)[C@@H](O)[C@H](O)[C@@H]4O)cc3)cc2)[C@@H](O)[C@@H](O)[C@@H]1O. The van der Waals surface area contributed by atoms with Crippen molar-refractivity contribution in [2.75, 3.05) is 13.2 Å². The van der Waals surface area contributed by atoms with Crippen molar-refractivity contribution >= 4 is 7.69 Å². The summed E-state index contributed by atoms with van der Waals surface area (Å²) in [4.78, 5) is 0. The molecule has 2 unspecified atom stereocenters. The monoisotopic (exact) mass is 554 g/mol. The first-order valence-corrected chi connectivity index (χ1v) is 12.1. The zero-order valence-corrected chi connectivity index (χ0v) is 20.5. The molecule has 0 bridgehead atoms. The van der Waals surface area contributed by atoms with Crippen LogP contribution in [0.1, 0.15) is 0 Å². The van der Waals surface area contributed by atoms with Crippen LogP contribution in [0.25, 0.3) is 0 Å². The molecule has 2 heterocycles. The van der Waals surface area contributed by atoms with Crippen molar-refractivity contribution < 1.29 is 69.1 Å². The lowest BCUT2D eigenvalue weighted by molar-refractivity contribution is -0.277. The van der Waals surface area contributed by atoms with Crippen LogP contribution < -0.4 is 18.8 Å². The lowest BCUT2D eigenvalue weighted by Gasteiger charge is -2.39. The molecule has 0 aromatic heterocycles. The van der Waals surface area contributed by atoms with Crippen molar-refractivity contribution in [1.82, 2.24) is 0 Å². The molecule has 39 heavy (non-hydrogen) atoms. The lowest BCUT2D eigenvalue weighted by Crippen LogP contribution is -2.60. The maximum atomic E-state index is 10.1. The molecule has 15 heteroatoms. The van der Waals surface area contributed by atoms with E-state index in [0.717, 1.165) is 0 Å². The van der Waals surface area contributed by atoms with Crippen molar-refractivity contribution in [1.29, 1.82) is 0 Å². The van der Waals surface area contributed by atoms with Crippen LogP contribution in [0.4, 0.5) is 0 Å². The Bertz CT molecular complexity index is 941. The Balaban J connectivity index is 1.23. The molecular weight excluding hydrogens is 523 g/mol. The Hall–Kier alpha value is -2.70. The molecule has 8 N–H and O–H groups in total. The zero-order chi connectivity index (χ0) is 28.1. The van der Waals surface area contributed by atoms with E-state index in [0.29, 0.717) is 11.5 Å². The van der Waals surface area contributed by atoms with Gasteiger partial charge in [0.15, 0.2) is 0 Å². The highest BCUT2D eigenvalue weighted by molar-refractivity contribution is 6.20. The highest BCUT2D eigenvalue weighted by Gasteiger charge is 2.45. The van der Waals surface area contributed by atoms with Crippen molar-refractivity contribution in [2.45, 2.75) is 61.4 Å². The molecule has 0 amide bonds. The molecule has 0 spiro atoms. The van der Waals surface area contributed by atoms with Gasteiger partial charge in [-0.05, 0) is 48.5 Å². The van der Waals surface area contributed by atoms with Gasteiger partial charge in [-0.25, -0.2) is 0 Å². The zero-order valence-electron chi connectivity index (χ0n) is 20.5. The van der Waals surface area contributed by atoms with E-state index >= 15 is 0 Å². The van der Waals surface area contributed by atoms with Gasteiger partial charge in [-0.15, -0.1) is 0 Å². The van der Waals surface area contributed by atoms with E-state index in [9.17, 15) is 40.9 Å². The predicted molar refractivity (Wildman–Crippen MR) is 130 cm³/mol. The van der Waals surface area contributed by atoms with Gasteiger partial charge in [0.25, 0.3) is 0 Å². The standard InChI is InChI=1S/C24H31BO14/c26-9-15-17(28)19(30)21(32)23(36-15)34-11-1-5-13(6-2-11)38-25-39-14-7-3-12(4-8-14)35-24-22(33)20(31)18(29)16(10-27)37-24/h1-8,15-33H,9-10H2/t15-,16-,17-,18-,19+,20+,21+,22+,23?,24?/m1/s1. The van der Waals surface area contributed by atoms with Crippen LogP contribution >= 0.6 is 0 Å². The Kier molecular flexibility index (Phi) is 9.84. The molecule has 0 aliphatic carbocycles. The Morgan fingerprint density at radius 1 is 0.513 bits per heavy atom. The van der Waals surface area contributed by atoms with Crippen LogP contribution in [0.5, 0.6) is 23.0 Å². The topological polar surface area (TPSA) is 217 Å². The summed E-state index contributed by atoms with van der Waals surface area (Å²) in [5.41, 5.74) is 0. The summed E-state index contributed by atoms with van der Waals surface area (Å²) in [6, 6.07) is 12.4. The maximum absolute atomic E-state index is 10.1. The molecule has 10 atom stereocenters. The summed E-state index contributed by atoms with van der Waals surface area (Å²) in [6.07, 6.45) is -13.9. The predicted octanol–water partition coefficient (Wildman–Crippen LogP) is -3.23. The van der Waals surface area contributed by atoms with E-state index in [-0.39, 0.29) is 19.2 Å². The average molecular weight is 554 g/mol. The van der Waals surface area contributed by atoms with Gasteiger partial charge in [0.05, 0.1) is 13.2 Å². The lowest BCUT2D eigenvalue weighted by atomic mass is 9.99. The van der Waals surface area contributed by atoms with Gasteiger partial charge in [-0.2, -0.15) is 0 Å². The molecule has 14 nitrogen and oxygen atoms in total. The number of hydrogen-bond donors (Lipinski definition) is 8. The minimum atomic E-state index is -1.55. The number of ether oxygens (including phenoxy) is 4. The third-order valence-electron chi connectivity index (χ3n) is 6.30. The second kappa shape index (κ2) is 13.1. The molecule has 2 aromatic rings. The molecule has 2 aliphatic rings. The summed E-state index contributed by atoms with van der Waals surface area (Å²) in [6.45, 7) is -1.13. The van der Waals surface area contributed by atoms with E-state index in [2.05, 4.69) is 0 Å². The van der Waals surface area contributed by atoms with E-state index in [4.69, 9.17) is 28.3 Å². The molecule has 2 aliphatic heterocycles. The van der Waals surface area contributed by atoms with E-state index < -0.39 is 74.6 Å². The summed E-state index contributed by atoms with van der Waals surface area (Å²) in [5.74, 6) is 1.42. The number of rotatable bonds is 10. The number of aliphatic hydroxyl groups excluding tert-OH is 8. The van der Waals surface area contributed by atoms with E-state index in [1.807, 2.05) is 0 Å². The summed E-state index contributed by atoms with van der Waals surface area (Å²) in [7, 11) is -0.153. The smallest absolute Gasteiger partial charge is 0.529 e. The van der Waals surface area contributed by atoms with Crippen molar-refractivity contribution in [3.05, 3.63) is 48.5 Å². The van der Waals surface area contributed by atoms with Crippen molar-refractivity contribution in [2.24, 2.45) is 0 Å². The fourth-order valence-electron chi connectivity index (χ4n) is 3.99. The van der Waals surface area contributed by atoms with Gasteiger partial charge in [-0.1, -0.05) is 0 Å². The van der Waals surface area contributed by atoms with E-state index in [1.165, 1.54) is 24.3 Å². The molecule has 4 rings (SSSR count). The van der Waals surface area contributed by atoms with Crippen LogP contribution in [0.3, 0.4) is 0 Å². The Labute approximate surface area is 223 Å². The Morgan fingerprint density at radius 3 is 1.18 bits per heavy atom. The molecule has 2 fully saturated rings. The number of benzene rings is 2. The van der Waals surface area contributed by atoms with Gasteiger partial charge < -0.3 is 69.1 Å². The number of aliphatic hydroxyl groups is 8. The average Bonchev–Trinajstić information content (AvgIpc) is 2.95. The van der Waals surface area contributed by atoms with Crippen LogP contribution in [-0.4, -0.2) is 123 Å². The van der Waals surface area contributed by atoms with Crippen molar-refractivity contribution in [3.63, 3.8) is 0 Å². The fourth-order valence-corrected chi connectivity index (χ4v) is 3.99. The van der Waals surface area contributed by atoms with Crippen LogP contribution in [0.2, 0.25) is 0 Å². The second-order valence-electron chi connectivity index (χ2n) is 8.98. The largest absolute Gasteiger partial charge is 0.576 e. The minimum Gasteiger partial charge on any atom is -0.529 e. The highest BCUT2D eigenvalue weighted by Crippen LogP contribution is 2.27. The van der Waals surface area contributed by atoms with Crippen LogP contribution in [-0.2, 0) is 9.47 Å². The normalized spacial score (nSPS) is 34.7. The van der Waals surface area contributed by atoms with Crippen LogP contribution in [0, 0.1) is 0 Å². The first-order chi connectivity index (χ1) is 18.7. The third-order valence-corrected chi connectivity index (χ3v) is 6.30. The van der Waals surface area contributed by atoms with Gasteiger partial charge in [-0.3, -0.25) is 0 Å². The molecule has 2 saturated heterocycles. The quantitative estimate of drug-likeness (QED) is 0.136. The van der Waals surface area contributed by atoms with Gasteiger partial charge in [0, 0.05) is 0 Å². The molecule has 214 valence electrons. The summed E-state index contributed by atoms with van der Waals surface area (Å²) >= 11 is 0. The number of hydrogen-bond acceptors (Lipinski definition) is 14. The van der Waals surface area contributed by atoms with Crippen LogP contribution in [0.15, 0.2) is 48.5 Å². The van der Waals surface area contributed by atoms with Gasteiger partial charge in [0.2, 0.25) is 12.6 Å². The maximum Gasteiger partial charge on any atom is 0.576 e. The third kappa shape index (κ3) is 6.91. The molecular formula is C24H31BO14. The molecule has 2 aromatic carbocycles. The Morgan fingerprint density at radius 2 is 0.846 bits per heavy atom. The fraction of sp³-hybridized carbons (Fsp3) is 0.500. The second-order valence-corrected chi connectivity index (χ2v) is 8.98. The van der Waals surface area contributed by atoms with E-state index in [1.54, 1.807) is 24.3 Å². The first-order valence-electron chi connectivity index (χ1n) is 12.1. The first kappa shape index (κ1) is 29.3. The van der Waals surface area contributed by atoms with Gasteiger partial charge in [0.1, 0.15) is 71.8 Å². The summed E-state index contributed by atoms with van der Waals surface area (Å²) in [5, 5.41) is 78.1.